The van der Waals surface area contributed by atoms with Crippen LogP contribution in [0.25, 0.3) is 6.08 Å². The molecule has 0 atom stereocenters. The second-order valence-electron chi connectivity index (χ2n) is 6.09. The summed E-state index contributed by atoms with van der Waals surface area (Å²) in [5.74, 6) is -0.624. The van der Waals surface area contributed by atoms with Crippen LogP contribution in [0.5, 0.6) is 0 Å². The summed E-state index contributed by atoms with van der Waals surface area (Å²) in [7, 11) is 0. The summed E-state index contributed by atoms with van der Waals surface area (Å²) in [5.41, 5.74) is 1.60. The van der Waals surface area contributed by atoms with E-state index < -0.39 is 10.7 Å². The van der Waals surface area contributed by atoms with Crippen molar-refractivity contribution in [3.8, 4) is 0 Å². The minimum atomic E-state index is -0.498. The fourth-order valence-corrected chi connectivity index (χ4v) is 3.05. The smallest absolute Gasteiger partial charge is 0.269 e. The first-order valence-corrected chi connectivity index (χ1v) is 8.73. The zero-order valence-electron chi connectivity index (χ0n) is 14.3. The van der Waals surface area contributed by atoms with Crippen LogP contribution in [0.4, 0.5) is 15.8 Å². The van der Waals surface area contributed by atoms with Gasteiger partial charge in [0.15, 0.2) is 0 Å². The van der Waals surface area contributed by atoms with E-state index in [1.807, 2.05) is 0 Å². The summed E-state index contributed by atoms with van der Waals surface area (Å²) >= 11 is 5.73. The van der Waals surface area contributed by atoms with Crippen LogP contribution in [-0.4, -0.2) is 41.9 Å². The van der Waals surface area contributed by atoms with E-state index in [9.17, 15) is 19.3 Å². The number of nitro benzene ring substituents is 1. The molecule has 8 heteroatoms. The Kier molecular flexibility index (Phi) is 5.71. The number of hydrogen-bond acceptors (Lipinski definition) is 4. The Hall–Kier alpha value is -2.93. The number of anilines is 1. The molecule has 0 aliphatic carbocycles. The van der Waals surface area contributed by atoms with Crippen LogP contribution in [0.1, 0.15) is 5.56 Å². The lowest BCUT2D eigenvalue weighted by Crippen LogP contribution is -2.48. The summed E-state index contributed by atoms with van der Waals surface area (Å²) in [6.45, 7) is 2.37. The molecular formula is C19H17ClFN3O3. The molecule has 0 saturated carbocycles. The molecule has 1 heterocycles. The second kappa shape index (κ2) is 8.18. The number of carbonyl (C=O) groups excluding carboxylic acids is 1. The molecule has 1 amide bonds. The number of non-ortho nitro benzene ring substituents is 1. The molecule has 1 aliphatic rings. The summed E-state index contributed by atoms with van der Waals surface area (Å²) < 4.78 is 13.2. The highest BCUT2D eigenvalue weighted by molar-refractivity contribution is 6.30. The Labute approximate surface area is 160 Å². The Bertz CT molecular complexity index is 878. The minimum Gasteiger partial charge on any atom is -0.368 e. The molecule has 2 aromatic carbocycles. The molecule has 0 aromatic heterocycles. The van der Waals surface area contributed by atoms with Crippen LogP contribution in [0, 0.1) is 15.9 Å². The lowest BCUT2D eigenvalue weighted by molar-refractivity contribution is -0.384. The fourth-order valence-electron chi connectivity index (χ4n) is 2.86. The monoisotopic (exact) mass is 389 g/mol. The molecule has 0 bridgehead atoms. The molecule has 0 unspecified atom stereocenters. The maximum atomic E-state index is 13.2. The maximum absolute atomic E-state index is 13.2. The van der Waals surface area contributed by atoms with E-state index in [0.717, 1.165) is 5.69 Å². The van der Waals surface area contributed by atoms with E-state index in [0.29, 0.717) is 31.7 Å². The highest BCUT2D eigenvalue weighted by Crippen LogP contribution is 2.21. The Morgan fingerprint density at radius 1 is 1.11 bits per heavy atom. The number of benzene rings is 2. The summed E-state index contributed by atoms with van der Waals surface area (Å²) in [6.07, 6.45) is 3.06. The Balaban J connectivity index is 1.56. The molecule has 0 radical (unpaired) electrons. The Morgan fingerprint density at radius 3 is 2.37 bits per heavy atom. The molecule has 1 aliphatic heterocycles. The van der Waals surface area contributed by atoms with Crippen molar-refractivity contribution in [2.45, 2.75) is 0 Å². The number of hydrogen-bond donors (Lipinski definition) is 0. The molecule has 0 N–H and O–H groups in total. The van der Waals surface area contributed by atoms with Gasteiger partial charge >= 0.3 is 0 Å². The number of rotatable bonds is 4. The van der Waals surface area contributed by atoms with Crippen molar-refractivity contribution >= 4 is 35.0 Å². The largest absolute Gasteiger partial charge is 0.368 e. The van der Waals surface area contributed by atoms with E-state index in [4.69, 9.17) is 11.6 Å². The topological polar surface area (TPSA) is 66.7 Å². The van der Waals surface area contributed by atoms with Gasteiger partial charge < -0.3 is 9.80 Å². The van der Waals surface area contributed by atoms with Gasteiger partial charge in [-0.15, -0.1) is 0 Å². The van der Waals surface area contributed by atoms with Crippen molar-refractivity contribution in [2.75, 3.05) is 31.1 Å². The number of amides is 1. The SMILES string of the molecule is O=C(/C=C/c1ccc(F)c(Cl)c1)N1CCN(c2ccc([N+](=O)[O-])cc2)CC1. The van der Waals surface area contributed by atoms with Gasteiger partial charge in [0.1, 0.15) is 5.82 Å². The molecule has 27 heavy (non-hydrogen) atoms. The predicted octanol–water partition coefficient (Wildman–Crippen LogP) is 3.75. The predicted molar refractivity (Wildman–Crippen MR) is 102 cm³/mol. The molecule has 140 valence electrons. The zero-order chi connectivity index (χ0) is 19.4. The van der Waals surface area contributed by atoms with Gasteiger partial charge in [-0.05, 0) is 35.9 Å². The first-order valence-electron chi connectivity index (χ1n) is 8.35. The highest BCUT2D eigenvalue weighted by Gasteiger charge is 2.20. The van der Waals surface area contributed by atoms with Crippen LogP contribution in [0.3, 0.4) is 0 Å². The third-order valence-corrected chi connectivity index (χ3v) is 4.67. The minimum absolute atomic E-state index is 0.0151. The van der Waals surface area contributed by atoms with Crippen molar-refractivity contribution in [1.82, 2.24) is 4.90 Å². The van der Waals surface area contributed by atoms with Gasteiger partial charge in [0.25, 0.3) is 5.69 Å². The number of nitrogens with zero attached hydrogens (tertiary/aromatic N) is 3. The molecular weight excluding hydrogens is 373 g/mol. The van der Waals surface area contributed by atoms with Gasteiger partial charge in [0.05, 0.1) is 9.95 Å². The van der Waals surface area contributed by atoms with E-state index in [-0.39, 0.29) is 16.6 Å². The van der Waals surface area contributed by atoms with Crippen molar-refractivity contribution in [3.63, 3.8) is 0 Å². The van der Waals surface area contributed by atoms with Gasteiger partial charge in [-0.25, -0.2) is 4.39 Å². The van der Waals surface area contributed by atoms with Crippen LogP contribution >= 0.6 is 11.6 Å². The number of halogens is 2. The number of nitro groups is 1. The van der Waals surface area contributed by atoms with Gasteiger partial charge in [0, 0.05) is 50.1 Å². The van der Waals surface area contributed by atoms with Crippen molar-refractivity contribution in [3.05, 3.63) is 75.1 Å². The maximum Gasteiger partial charge on any atom is 0.269 e. The fraction of sp³-hybridized carbons (Fsp3) is 0.211. The first kappa shape index (κ1) is 18.8. The third-order valence-electron chi connectivity index (χ3n) is 4.38. The van der Waals surface area contributed by atoms with Crippen LogP contribution < -0.4 is 4.90 Å². The highest BCUT2D eigenvalue weighted by atomic mass is 35.5. The summed E-state index contributed by atoms with van der Waals surface area (Å²) in [6, 6.07) is 10.7. The van der Waals surface area contributed by atoms with Crippen LogP contribution in [0.15, 0.2) is 48.5 Å². The number of carbonyl (C=O) groups is 1. The van der Waals surface area contributed by atoms with E-state index in [1.54, 1.807) is 29.2 Å². The lowest BCUT2D eigenvalue weighted by atomic mass is 10.2. The lowest BCUT2D eigenvalue weighted by Gasteiger charge is -2.35. The number of piperazine rings is 1. The second-order valence-corrected chi connectivity index (χ2v) is 6.50. The summed E-state index contributed by atoms with van der Waals surface area (Å²) in [4.78, 5) is 26.4. The average molecular weight is 390 g/mol. The van der Waals surface area contributed by atoms with E-state index in [1.165, 1.54) is 30.3 Å². The average Bonchev–Trinajstić information content (AvgIpc) is 2.69. The van der Waals surface area contributed by atoms with Gasteiger partial charge in [-0.2, -0.15) is 0 Å². The third kappa shape index (κ3) is 4.62. The van der Waals surface area contributed by atoms with E-state index >= 15 is 0 Å². The van der Waals surface area contributed by atoms with Crippen LogP contribution in [0.2, 0.25) is 5.02 Å². The first-order chi connectivity index (χ1) is 12.9. The molecule has 0 spiro atoms. The molecule has 3 rings (SSSR count). The molecule has 1 fully saturated rings. The van der Waals surface area contributed by atoms with Gasteiger partial charge in [-0.1, -0.05) is 17.7 Å². The Morgan fingerprint density at radius 2 is 1.78 bits per heavy atom. The van der Waals surface area contributed by atoms with Gasteiger partial charge in [-0.3, -0.25) is 14.9 Å². The standard InChI is InChI=1S/C19H17ClFN3O3/c20-17-13-14(1-7-18(17)21)2-8-19(25)23-11-9-22(10-12-23)15-3-5-16(6-4-15)24(26)27/h1-8,13H,9-12H2/b8-2+. The van der Waals surface area contributed by atoms with Crippen LogP contribution in [-0.2, 0) is 4.79 Å². The zero-order valence-corrected chi connectivity index (χ0v) is 15.1. The molecule has 1 saturated heterocycles. The van der Waals surface area contributed by atoms with Crippen molar-refractivity contribution in [1.29, 1.82) is 0 Å². The normalized spacial score (nSPS) is 14.6. The molecule has 6 nitrogen and oxygen atoms in total. The van der Waals surface area contributed by atoms with Crippen molar-refractivity contribution in [2.24, 2.45) is 0 Å². The van der Waals surface area contributed by atoms with Gasteiger partial charge in [0.2, 0.25) is 5.91 Å². The summed E-state index contributed by atoms with van der Waals surface area (Å²) in [5, 5.41) is 10.7. The molecule has 2 aromatic rings. The van der Waals surface area contributed by atoms with Crippen molar-refractivity contribution < 1.29 is 14.1 Å². The van der Waals surface area contributed by atoms with E-state index in [2.05, 4.69) is 4.90 Å². The quantitative estimate of drug-likeness (QED) is 0.454.